The second kappa shape index (κ2) is 5.57. The lowest BCUT2D eigenvalue weighted by atomic mass is 10.1. The maximum absolute atomic E-state index is 11.3. The first-order valence-electron chi connectivity index (χ1n) is 6.27. The molecule has 0 atom stereocenters. The Morgan fingerprint density at radius 2 is 2.30 bits per heavy atom. The highest BCUT2D eigenvalue weighted by atomic mass is 16.5. The molecule has 0 aromatic carbocycles. The number of nitrogens with one attached hydrogen (secondary N) is 1. The fraction of sp³-hybridized carbons (Fsp3) is 0.267. The first-order valence-corrected chi connectivity index (χ1v) is 6.27. The third kappa shape index (κ3) is 2.86. The fourth-order valence-electron chi connectivity index (χ4n) is 1.83. The fourth-order valence-corrected chi connectivity index (χ4v) is 1.83. The predicted octanol–water partition coefficient (Wildman–Crippen LogP) is 2.85. The Morgan fingerprint density at radius 1 is 1.55 bits per heavy atom. The van der Waals surface area contributed by atoms with Gasteiger partial charge in [-0.1, -0.05) is 0 Å². The number of hydrogen-bond donors (Lipinski definition) is 1. The number of aromatic amines is 1. The molecule has 5 heteroatoms. The van der Waals surface area contributed by atoms with E-state index >= 15 is 0 Å². The van der Waals surface area contributed by atoms with Crippen LogP contribution in [0.1, 0.15) is 26.3 Å². The highest BCUT2D eigenvalue weighted by Crippen LogP contribution is 2.24. The molecule has 20 heavy (non-hydrogen) atoms. The topological polar surface area (TPSA) is 78.8 Å². The van der Waals surface area contributed by atoms with Gasteiger partial charge in [-0.15, -0.1) is 0 Å². The van der Waals surface area contributed by atoms with Gasteiger partial charge in [0.15, 0.2) is 5.78 Å². The van der Waals surface area contributed by atoms with Crippen LogP contribution in [0.4, 0.5) is 0 Å². The average Bonchev–Trinajstić information content (AvgIpc) is 2.77. The molecule has 0 aliphatic rings. The first kappa shape index (κ1) is 13.8. The summed E-state index contributed by atoms with van der Waals surface area (Å²) in [5, 5.41) is 9.77. The van der Waals surface area contributed by atoms with Crippen LogP contribution in [0.25, 0.3) is 17.1 Å². The highest BCUT2D eigenvalue weighted by molar-refractivity contribution is 6.03. The summed E-state index contributed by atoms with van der Waals surface area (Å²) < 4.78 is 5.60. The quantitative estimate of drug-likeness (QED) is 0.683. The van der Waals surface area contributed by atoms with Crippen molar-refractivity contribution in [3.05, 3.63) is 29.6 Å². The van der Waals surface area contributed by atoms with E-state index in [0.29, 0.717) is 11.4 Å². The van der Waals surface area contributed by atoms with Crippen LogP contribution in [-0.4, -0.2) is 21.9 Å². The van der Waals surface area contributed by atoms with Crippen LogP contribution in [0.3, 0.4) is 0 Å². The molecule has 0 aliphatic carbocycles. The van der Waals surface area contributed by atoms with E-state index < -0.39 is 0 Å². The Morgan fingerprint density at radius 3 is 2.90 bits per heavy atom. The van der Waals surface area contributed by atoms with E-state index in [1.165, 1.54) is 6.92 Å². The molecular formula is C15H15N3O2. The summed E-state index contributed by atoms with van der Waals surface area (Å²) in [5.74, 6) is 0.396. The van der Waals surface area contributed by atoms with Crippen molar-refractivity contribution in [2.45, 2.75) is 26.9 Å². The zero-order chi connectivity index (χ0) is 14.7. The minimum atomic E-state index is -0.260. The van der Waals surface area contributed by atoms with Gasteiger partial charge in [-0.25, -0.2) is 4.98 Å². The molecule has 102 valence electrons. The lowest BCUT2D eigenvalue weighted by molar-refractivity contribution is -0.113. The number of carbonyl (C=O) groups excluding carboxylic acids is 1. The normalized spacial score (nSPS) is 11.7. The van der Waals surface area contributed by atoms with Gasteiger partial charge in [-0.3, -0.25) is 4.79 Å². The number of nitriles is 1. The molecule has 0 saturated carbocycles. The molecule has 2 aromatic heterocycles. The summed E-state index contributed by atoms with van der Waals surface area (Å²) in [7, 11) is 0. The van der Waals surface area contributed by atoms with E-state index in [9.17, 15) is 4.79 Å². The molecule has 5 nitrogen and oxygen atoms in total. The number of fused-ring (bicyclic) bond motifs is 1. The van der Waals surface area contributed by atoms with Gasteiger partial charge in [-0.2, -0.15) is 5.26 Å². The van der Waals surface area contributed by atoms with Crippen molar-refractivity contribution in [3.8, 4) is 11.8 Å². The van der Waals surface area contributed by atoms with Crippen molar-refractivity contribution < 1.29 is 9.53 Å². The summed E-state index contributed by atoms with van der Waals surface area (Å²) >= 11 is 0. The molecule has 2 heterocycles. The van der Waals surface area contributed by atoms with Gasteiger partial charge < -0.3 is 9.72 Å². The second-order valence-electron chi connectivity index (χ2n) is 4.70. The number of carbonyl (C=O) groups is 1. The van der Waals surface area contributed by atoms with Crippen molar-refractivity contribution in [2.24, 2.45) is 0 Å². The molecule has 0 amide bonds. The number of allylic oxidation sites excluding steroid dienone is 1. The highest BCUT2D eigenvalue weighted by Gasteiger charge is 2.09. The van der Waals surface area contributed by atoms with E-state index in [-0.39, 0.29) is 17.5 Å². The van der Waals surface area contributed by atoms with Gasteiger partial charge in [0.25, 0.3) is 0 Å². The largest absolute Gasteiger partial charge is 0.489 e. The van der Waals surface area contributed by atoms with Gasteiger partial charge >= 0.3 is 0 Å². The molecule has 0 bridgehead atoms. The number of aromatic nitrogens is 2. The first-order chi connectivity index (χ1) is 9.51. The third-order valence-electron chi connectivity index (χ3n) is 2.71. The van der Waals surface area contributed by atoms with Crippen molar-refractivity contribution in [2.75, 3.05) is 0 Å². The molecule has 0 radical (unpaired) electrons. The van der Waals surface area contributed by atoms with Crippen LogP contribution < -0.4 is 4.74 Å². The Balaban J connectivity index is 2.50. The Bertz CT molecular complexity index is 720. The standard InChI is InChI=1S/C15H15N3O2/c1-9(2)20-13-5-14-12(4-11(6-16)10(3)19)7-17-15(14)18-8-13/h4-5,7-9H,1-3H3,(H,17,18). The number of nitrogens with zero attached hydrogens (tertiary/aromatic N) is 2. The van der Waals surface area contributed by atoms with Crippen LogP contribution in [0.5, 0.6) is 5.75 Å². The van der Waals surface area contributed by atoms with Crippen LogP contribution in [0, 0.1) is 11.3 Å². The van der Waals surface area contributed by atoms with E-state index in [1.807, 2.05) is 26.0 Å². The van der Waals surface area contributed by atoms with Gasteiger partial charge in [-0.05, 0) is 32.9 Å². The molecule has 1 N–H and O–H groups in total. The zero-order valence-electron chi connectivity index (χ0n) is 11.6. The van der Waals surface area contributed by atoms with Crippen LogP contribution in [0.15, 0.2) is 24.0 Å². The van der Waals surface area contributed by atoms with Gasteiger partial charge in [0.05, 0.1) is 17.9 Å². The number of rotatable bonds is 4. The van der Waals surface area contributed by atoms with Crippen molar-refractivity contribution in [1.82, 2.24) is 9.97 Å². The number of ether oxygens (including phenoxy) is 1. The molecule has 0 aliphatic heterocycles. The summed E-state index contributed by atoms with van der Waals surface area (Å²) in [4.78, 5) is 18.6. The minimum Gasteiger partial charge on any atom is -0.489 e. The van der Waals surface area contributed by atoms with Crippen LogP contribution in [0.2, 0.25) is 0 Å². The number of H-pyrrole nitrogens is 1. The lowest BCUT2D eigenvalue weighted by Crippen LogP contribution is -2.05. The Kier molecular flexibility index (Phi) is 3.85. The molecule has 0 fully saturated rings. The van der Waals surface area contributed by atoms with Crippen LogP contribution >= 0.6 is 0 Å². The zero-order valence-corrected chi connectivity index (χ0v) is 11.6. The van der Waals surface area contributed by atoms with Crippen LogP contribution in [-0.2, 0) is 4.79 Å². The van der Waals surface area contributed by atoms with E-state index in [1.54, 1.807) is 18.5 Å². The van der Waals surface area contributed by atoms with Crippen molar-refractivity contribution in [3.63, 3.8) is 0 Å². The summed E-state index contributed by atoms with van der Waals surface area (Å²) in [6.07, 6.45) is 4.97. The van der Waals surface area contributed by atoms with Crippen molar-refractivity contribution >= 4 is 22.9 Å². The van der Waals surface area contributed by atoms with Gasteiger partial charge in [0.1, 0.15) is 17.5 Å². The third-order valence-corrected chi connectivity index (χ3v) is 2.71. The second-order valence-corrected chi connectivity index (χ2v) is 4.70. The smallest absolute Gasteiger partial charge is 0.170 e. The molecular weight excluding hydrogens is 254 g/mol. The lowest BCUT2D eigenvalue weighted by Gasteiger charge is -2.08. The Labute approximate surface area is 116 Å². The summed E-state index contributed by atoms with van der Waals surface area (Å²) in [5.41, 5.74) is 1.54. The average molecular weight is 269 g/mol. The predicted molar refractivity (Wildman–Crippen MR) is 76.1 cm³/mol. The van der Waals surface area contributed by atoms with Crippen molar-refractivity contribution in [1.29, 1.82) is 5.26 Å². The molecule has 0 unspecified atom stereocenters. The number of Topliss-reactive ketones (excluding diaryl/α,β-unsaturated/α-hetero) is 1. The van der Waals surface area contributed by atoms with E-state index in [4.69, 9.17) is 10.00 Å². The number of hydrogen-bond acceptors (Lipinski definition) is 4. The summed E-state index contributed by atoms with van der Waals surface area (Å²) in [6.45, 7) is 5.24. The van der Waals surface area contributed by atoms with E-state index in [0.717, 1.165) is 10.9 Å². The molecule has 2 rings (SSSR count). The number of ketones is 1. The monoisotopic (exact) mass is 269 g/mol. The minimum absolute atomic E-state index is 0.0547. The SMILES string of the molecule is CC(=O)C(C#N)=Cc1c[nH]c2ncc(OC(C)C)cc12. The maximum Gasteiger partial charge on any atom is 0.170 e. The van der Waals surface area contributed by atoms with E-state index in [2.05, 4.69) is 9.97 Å². The molecule has 2 aromatic rings. The molecule has 0 saturated heterocycles. The Hall–Kier alpha value is -2.61. The molecule has 0 spiro atoms. The maximum atomic E-state index is 11.3. The summed E-state index contributed by atoms with van der Waals surface area (Å²) in [6, 6.07) is 3.74. The van der Waals surface area contributed by atoms with Gasteiger partial charge in [0.2, 0.25) is 0 Å². The van der Waals surface area contributed by atoms with Gasteiger partial charge in [0, 0.05) is 17.1 Å². The number of pyridine rings is 1.